The Balaban J connectivity index is 1.89. The topological polar surface area (TPSA) is 71.3 Å². The van der Waals surface area contributed by atoms with Gasteiger partial charge in [-0.15, -0.1) is 0 Å². The molecule has 1 aromatic heterocycles. The number of imide groups is 1. The van der Waals surface area contributed by atoms with Crippen molar-refractivity contribution in [3.8, 4) is 0 Å². The van der Waals surface area contributed by atoms with E-state index in [1.807, 2.05) is 13.0 Å². The van der Waals surface area contributed by atoms with Crippen LogP contribution in [0.2, 0.25) is 0 Å². The first-order valence-corrected chi connectivity index (χ1v) is 5.27. The van der Waals surface area contributed by atoms with Gasteiger partial charge in [-0.3, -0.25) is 20.2 Å². The van der Waals surface area contributed by atoms with Crippen molar-refractivity contribution in [3.63, 3.8) is 0 Å². The quantitative estimate of drug-likeness (QED) is 0.730. The first-order valence-electron chi connectivity index (χ1n) is 5.27. The molecule has 1 fully saturated rings. The predicted molar refractivity (Wildman–Crippen MR) is 56.5 cm³/mol. The number of hydrogen-bond donors (Lipinski definition) is 2. The van der Waals surface area contributed by atoms with Crippen LogP contribution in [0.15, 0.2) is 16.7 Å². The van der Waals surface area contributed by atoms with Crippen LogP contribution in [0, 0.1) is 6.92 Å². The van der Waals surface area contributed by atoms with Crippen LogP contribution < -0.4 is 10.6 Å². The van der Waals surface area contributed by atoms with Gasteiger partial charge in [0.25, 0.3) is 0 Å². The summed E-state index contributed by atoms with van der Waals surface area (Å²) in [5.74, 6) is 0.377. The standard InChI is InChI=1S/C11H14N2O3/c1-7-4-5-16-9(7)6-12-8-2-3-10(14)13-11(8)15/h4-5,8,12H,2-3,6H2,1H3,(H,13,14,15). The molecule has 0 radical (unpaired) electrons. The first kappa shape index (κ1) is 10.9. The number of nitrogens with one attached hydrogen (secondary N) is 2. The summed E-state index contributed by atoms with van der Waals surface area (Å²) in [5, 5.41) is 5.38. The molecular weight excluding hydrogens is 208 g/mol. The normalized spacial score (nSPS) is 20.9. The summed E-state index contributed by atoms with van der Waals surface area (Å²) in [7, 11) is 0. The third kappa shape index (κ3) is 2.30. The summed E-state index contributed by atoms with van der Waals surface area (Å²) in [5.41, 5.74) is 1.06. The van der Waals surface area contributed by atoms with E-state index in [1.54, 1.807) is 6.26 Å². The minimum Gasteiger partial charge on any atom is -0.468 e. The number of rotatable bonds is 3. The Kier molecular flexibility index (Phi) is 3.05. The van der Waals surface area contributed by atoms with Crippen molar-refractivity contribution in [1.82, 2.24) is 10.6 Å². The summed E-state index contributed by atoms with van der Waals surface area (Å²) < 4.78 is 5.25. The molecule has 1 atom stereocenters. The monoisotopic (exact) mass is 222 g/mol. The maximum absolute atomic E-state index is 11.4. The van der Waals surface area contributed by atoms with E-state index < -0.39 is 0 Å². The zero-order valence-corrected chi connectivity index (χ0v) is 9.08. The van der Waals surface area contributed by atoms with Gasteiger partial charge in [0.1, 0.15) is 5.76 Å². The van der Waals surface area contributed by atoms with Crippen molar-refractivity contribution >= 4 is 11.8 Å². The molecule has 2 rings (SSSR count). The highest BCUT2D eigenvalue weighted by Gasteiger charge is 2.26. The smallest absolute Gasteiger partial charge is 0.243 e. The largest absolute Gasteiger partial charge is 0.468 e. The molecule has 86 valence electrons. The number of carbonyl (C=O) groups excluding carboxylic acids is 2. The van der Waals surface area contributed by atoms with Gasteiger partial charge < -0.3 is 4.42 Å². The maximum Gasteiger partial charge on any atom is 0.243 e. The van der Waals surface area contributed by atoms with E-state index in [1.165, 1.54) is 0 Å². The molecule has 2 heterocycles. The van der Waals surface area contributed by atoms with Crippen molar-refractivity contribution < 1.29 is 14.0 Å². The van der Waals surface area contributed by atoms with E-state index in [0.717, 1.165) is 11.3 Å². The number of aryl methyl sites for hydroxylation is 1. The Labute approximate surface area is 93.2 Å². The molecule has 1 aromatic rings. The molecule has 5 nitrogen and oxygen atoms in total. The second-order valence-corrected chi connectivity index (χ2v) is 3.91. The van der Waals surface area contributed by atoms with Crippen LogP contribution in [-0.4, -0.2) is 17.9 Å². The number of carbonyl (C=O) groups is 2. The summed E-state index contributed by atoms with van der Waals surface area (Å²) >= 11 is 0. The molecule has 0 aromatic carbocycles. The Bertz CT molecular complexity index is 411. The van der Waals surface area contributed by atoms with Crippen molar-refractivity contribution in [2.75, 3.05) is 0 Å². The SMILES string of the molecule is Cc1ccoc1CNC1CCC(=O)NC1=O. The first-order chi connectivity index (χ1) is 7.66. The number of furan rings is 1. The van der Waals surface area contributed by atoms with Crippen LogP contribution in [0.5, 0.6) is 0 Å². The van der Waals surface area contributed by atoms with Crippen LogP contribution in [0.1, 0.15) is 24.2 Å². The van der Waals surface area contributed by atoms with Crippen molar-refractivity contribution in [2.45, 2.75) is 32.4 Å². The van der Waals surface area contributed by atoms with Crippen LogP contribution in [0.4, 0.5) is 0 Å². The van der Waals surface area contributed by atoms with Crippen molar-refractivity contribution in [3.05, 3.63) is 23.7 Å². The van der Waals surface area contributed by atoms with E-state index in [2.05, 4.69) is 10.6 Å². The maximum atomic E-state index is 11.4. The molecule has 2 N–H and O–H groups in total. The average Bonchev–Trinajstić information content (AvgIpc) is 2.63. The summed E-state index contributed by atoms with van der Waals surface area (Å²) in [6.07, 6.45) is 2.56. The number of piperidine rings is 1. The third-order valence-corrected chi connectivity index (χ3v) is 2.72. The highest BCUT2D eigenvalue weighted by molar-refractivity contribution is 6.00. The average molecular weight is 222 g/mol. The van der Waals surface area contributed by atoms with Crippen LogP contribution in [0.3, 0.4) is 0 Å². The highest BCUT2D eigenvalue weighted by atomic mass is 16.3. The van der Waals surface area contributed by atoms with Gasteiger partial charge >= 0.3 is 0 Å². The number of hydrogen-bond acceptors (Lipinski definition) is 4. The molecule has 0 spiro atoms. The van der Waals surface area contributed by atoms with Crippen molar-refractivity contribution in [2.24, 2.45) is 0 Å². The van der Waals surface area contributed by atoms with Gasteiger partial charge in [-0.1, -0.05) is 0 Å². The molecule has 1 aliphatic heterocycles. The second-order valence-electron chi connectivity index (χ2n) is 3.91. The lowest BCUT2D eigenvalue weighted by atomic mass is 10.1. The molecule has 16 heavy (non-hydrogen) atoms. The zero-order chi connectivity index (χ0) is 11.5. The van der Waals surface area contributed by atoms with E-state index in [4.69, 9.17) is 4.42 Å². The molecule has 0 aliphatic carbocycles. The lowest BCUT2D eigenvalue weighted by molar-refractivity contribution is -0.134. The number of amides is 2. The predicted octanol–water partition coefficient (Wildman–Crippen LogP) is 0.483. The van der Waals surface area contributed by atoms with E-state index >= 15 is 0 Å². The van der Waals surface area contributed by atoms with Gasteiger partial charge in [0.05, 0.1) is 18.8 Å². The Hall–Kier alpha value is -1.62. The van der Waals surface area contributed by atoms with Crippen LogP contribution in [-0.2, 0) is 16.1 Å². The van der Waals surface area contributed by atoms with Crippen LogP contribution >= 0.6 is 0 Å². The van der Waals surface area contributed by atoms with E-state index in [-0.39, 0.29) is 17.9 Å². The fourth-order valence-corrected chi connectivity index (χ4v) is 1.69. The fraction of sp³-hybridized carbons (Fsp3) is 0.455. The van der Waals surface area contributed by atoms with Gasteiger partial charge in [-0.25, -0.2) is 0 Å². The zero-order valence-electron chi connectivity index (χ0n) is 9.08. The fourth-order valence-electron chi connectivity index (χ4n) is 1.69. The minimum absolute atomic E-state index is 0.197. The summed E-state index contributed by atoms with van der Waals surface area (Å²) in [4.78, 5) is 22.4. The van der Waals surface area contributed by atoms with Crippen molar-refractivity contribution in [1.29, 1.82) is 0 Å². The molecule has 5 heteroatoms. The Morgan fingerprint density at radius 3 is 3.00 bits per heavy atom. The lowest BCUT2D eigenvalue weighted by Gasteiger charge is -2.21. The molecule has 1 aliphatic rings. The molecule has 0 bridgehead atoms. The molecule has 2 amide bonds. The summed E-state index contributed by atoms with van der Waals surface area (Å²) in [6, 6.07) is 1.57. The molecule has 1 saturated heterocycles. The van der Waals surface area contributed by atoms with E-state index in [0.29, 0.717) is 19.4 Å². The van der Waals surface area contributed by atoms with Gasteiger partial charge in [0.2, 0.25) is 11.8 Å². The van der Waals surface area contributed by atoms with E-state index in [9.17, 15) is 9.59 Å². The Morgan fingerprint density at radius 1 is 1.56 bits per heavy atom. The van der Waals surface area contributed by atoms with Gasteiger partial charge in [-0.05, 0) is 25.0 Å². The third-order valence-electron chi connectivity index (χ3n) is 2.72. The van der Waals surface area contributed by atoms with Crippen LogP contribution in [0.25, 0.3) is 0 Å². The Morgan fingerprint density at radius 2 is 2.38 bits per heavy atom. The van der Waals surface area contributed by atoms with Gasteiger partial charge in [0.15, 0.2) is 0 Å². The second kappa shape index (κ2) is 4.49. The van der Waals surface area contributed by atoms with Gasteiger partial charge in [-0.2, -0.15) is 0 Å². The molecule has 0 saturated carbocycles. The molecule has 1 unspecified atom stereocenters. The summed E-state index contributed by atoms with van der Waals surface area (Å²) in [6.45, 7) is 2.45. The van der Waals surface area contributed by atoms with Gasteiger partial charge in [0, 0.05) is 6.42 Å². The molecular formula is C11H14N2O3. The lowest BCUT2D eigenvalue weighted by Crippen LogP contribution is -2.50. The minimum atomic E-state index is -0.304. The highest BCUT2D eigenvalue weighted by Crippen LogP contribution is 2.10.